The topological polar surface area (TPSA) is 0 Å². The summed E-state index contributed by atoms with van der Waals surface area (Å²) in [6.45, 7) is 4.18. The first-order valence-corrected chi connectivity index (χ1v) is 2.69. The maximum Gasteiger partial charge on any atom is -0.00268 e. The minimum atomic E-state index is 1.24. The molecule has 0 spiro atoms. The van der Waals surface area contributed by atoms with Crippen LogP contribution in [-0.4, -0.2) is 0 Å². The Hall–Kier alpha value is -0.520. The minimum Gasteiger partial charge on any atom is -0.0838 e. The zero-order chi connectivity index (χ0) is 5.28. The molecule has 1 rings (SSSR count). The molecule has 1 saturated carbocycles. The van der Waals surface area contributed by atoms with E-state index in [0.717, 1.165) is 0 Å². The van der Waals surface area contributed by atoms with Crippen LogP contribution >= 0.6 is 0 Å². The average molecular weight is 94.2 g/mol. The van der Waals surface area contributed by atoms with Crippen LogP contribution in [-0.2, 0) is 0 Å². The predicted octanol–water partition coefficient (Wildman–Crippen LogP) is 2.28. The van der Waals surface area contributed by atoms with E-state index in [1.54, 1.807) is 0 Å². The van der Waals surface area contributed by atoms with Crippen LogP contribution < -0.4 is 0 Å². The van der Waals surface area contributed by atoms with Crippen molar-refractivity contribution in [2.75, 3.05) is 0 Å². The summed E-state index contributed by atoms with van der Waals surface area (Å²) in [5.74, 6) is 0. The van der Waals surface area contributed by atoms with Gasteiger partial charge in [0.15, 0.2) is 0 Å². The summed E-state index contributed by atoms with van der Waals surface area (Å²) in [5, 5.41) is 0. The lowest BCUT2D eigenvalue weighted by Crippen LogP contribution is -1.40. The predicted molar refractivity (Wildman–Crippen MR) is 32.1 cm³/mol. The number of rotatable bonds is 0. The lowest BCUT2D eigenvalue weighted by molar-refractivity contribution is 1.61. The Kier molecular flexibility index (Phi) is 1.01. The fourth-order valence-electron chi connectivity index (χ4n) is 0.736. The normalized spacial score (nSPS) is 29.4. The lowest BCUT2D eigenvalue weighted by Gasteiger charge is -1.61. The van der Waals surface area contributed by atoms with Gasteiger partial charge in [0.2, 0.25) is 0 Å². The van der Waals surface area contributed by atoms with Gasteiger partial charge >= 0.3 is 0 Å². The van der Waals surface area contributed by atoms with Gasteiger partial charge < -0.3 is 0 Å². The Morgan fingerprint density at radius 2 is 1.57 bits per heavy atom. The Labute approximate surface area is 44.5 Å². The van der Waals surface area contributed by atoms with Crippen molar-refractivity contribution in [1.82, 2.24) is 0 Å². The van der Waals surface area contributed by atoms with Crippen LogP contribution in [0.15, 0.2) is 23.3 Å². The molecule has 0 N–H and O–H groups in total. The van der Waals surface area contributed by atoms with E-state index in [1.807, 2.05) is 0 Å². The fraction of sp³-hybridized carbons (Fsp3) is 0.429. The van der Waals surface area contributed by atoms with Gasteiger partial charge in [0.05, 0.1) is 0 Å². The van der Waals surface area contributed by atoms with Gasteiger partial charge in [-0.1, -0.05) is 12.2 Å². The van der Waals surface area contributed by atoms with E-state index in [4.69, 9.17) is 0 Å². The maximum absolute atomic E-state index is 2.18. The fourth-order valence-corrected chi connectivity index (χ4v) is 0.736. The second-order valence-corrected chi connectivity index (χ2v) is 1.80. The van der Waals surface area contributed by atoms with Crippen molar-refractivity contribution in [3.8, 4) is 0 Å². The van der Waals surface area contributed by atoms with Gasteiger partial charge in [0.25, 0.3) is 0 Å². The largest absolute Gasteiger partial charge is 0.0838 e. The van der Waals surface area contributed by atoms with E-state index in [9.17, 15) is 0 Å². The molecule has 0 aromatic carbocycles. The third-order valence-corrected chi connectivity index (χ3v) is 1.37. The highest BCUT2D eigenvalue weighted by atomic mass is 14.2. The highest BCUT2D eigenvalue weighted by Crippen LogP contribution is 2.35. The van der Waals surface area contributed by atoms with Crippen LogP contribution in [0.3, 0.4) is 0 Å². The number of hydrogen-bond acceptors (Lipinski definition) is 0. The molecule has 1 aliphatic rings. The summed E-state index contributed by atoms with van der Waals surface area (Å²) < 4.78 is 0. The Balaban J connectivity index is 2.62. The first-order valence-electron chi connectivity index (χ1n) is 2.69. The summed E-state index contributed by atoms with van der Waals surface area (Å²) >= 11 is 0. The second-order valence-electron chi connectivity index (χ2n) is 1.80. The van der Waals surface area contributed by atoms with Gasteiger partial charge in [0.1, 0.15) is 0 Å². The molecule has 0 aromatic rings. The summed E-state index contributed by atoms with van der Waals surface area (Å²) in [6, 6.07) is 0. The van der Waals surface area contributed by atoms with Crippen molar-refractivity contribution in [3.05, 3.63) is 23.3 Å². The summed E-state index contributed by atoms with van der Waals surface area (Å²) in [5.41, 5.74) is 3.06. The number of hydrogen-bond donors (Lipinski definition) is 0. The molecule has 0 radical (unpaired) electrons. The van der Waals surface area contributed by atoms with Gasteiger partial charge in [-0.25, -0.2) is 0 Å². The Morgan fingerprint density at radius 3 is 1.71 bits per heavy atom. The standard InChI is InChI=1S/C7H10/c1-3-6-5-7(6)4-2/h3-4H,5H2,1-2H3. The third-order valence-electron chi connectivity index (χ3n) is 1.37. The van der Waals surface area contributed by atoms with Gasteiger partial charge in [0, 0.05) is 0 Å². The molecule has 0 aromatic heterocycles. The van der Waals surface area contributed by atoms with E-state index >= 15 is 0 Å². The Morgan fingerprint density at radius 1 is 1.14 bits per heavy atom. The molecule has 1 fully saturated rings. The van der Waals surface area contributed by atoms with E-state index in [1.165, 1.54) is 17.6 Å². The van der Waals surface area contributed by atoms with Crippen molar-refractivity contribution in [2.45, 2.75) is 20.3 Å². The maximum atomic E-state index is 2.18. The molecular weight excluding hydrogens is 84.1 g/mol. The van der Waals surface area contributed by atoms with Crippen LogP contribution in [0.1, 0.15) is 20.3 Å². The van der Waals surface area contributed by atoms with Crippen molar-refractivity contribution in [2.24, 2.45) is 0 Å². The molecule has 38 valence electrons. The third kappa shape index (κ3) is 0.738. The zero-order valence-electron chi connectivity index (χ0n) is 4.86. The van der Waals surface area contributed by atoms with Crippen LogP contribution in [0.2, 0.25) is 0 Å². The smallest absolute Gasteiger partial charge is 0.00268 e. The molecule has 0 saturated heterocycles. The van der Waals surface area contributed by atoms with Gasteiger partial charge in [-0.3, -0.25) is 0 Å². The van der Waals surface area contributed by atoms with E-state index < -0.39 is 0 Å². The molecular formula is C7H10. The monoisotopic (exact) mass is 94.1 g/mol. The van der Waals surface area contributed by atoms with E-state index in [0.29, 0.717) is 0 Å². The molecule has 0 unspecified atom stereocenters. The van der Waals surface area contributed by atoms with E-state index in [2.05, 4.69) is 26.0 Å². The van der Waals surface area contributed by atoms with Crippen molar-refractivity contribution >= 4 is 0 Å². The average Bonchev–Trinajstić information content (AvgIpc) is 2.43. The first kappa shape index (κ1) is 4.63. The highest BCUT2D eigenvalue weighted by molar-refractivity contribution is 5.49. The second kappa shape index (κ2) is 1.53. The SMILES string of the molecule is CC=C1CC1=CC. The van der Waals surface area contributed by atoms with Crippen LogP contribution in [0, 0.1) is 0 Å². The van der Waals surface area contributed by atoms with Crippen molar-refractivity contribution < 1.29 is 0 Å². The zero-order valence-corrected chi connectivity index (χ0v) is 4.86. The molecule has 1 aliphatic carbocycles. The Bertz CT molecular complexity index is 111. The van der Waals surface area contributed by atoms with Gasteiger partial charge in [-0.05, 0) is 31.4 Å². The molecule has 0 nitrogen and oxygen atoms in total. The molecule has 0 heterocycles. The summed E-state index contributed by atoms with van der Waals surface area (Å²) in [6.07, 6.45) is 5.59. The molecule has 0 atom stereocenters. The van der Waals surface area contributed by atoms with Crippen LogP contribution in [0.4, 0.5) is 0 Å². The molecule has 7 heavy (non-hydrogen) atoms. The molecule has 0 bridgehead atoms. The molecule has 0 heteroatoms. The molecule has 0 amide bonds. The minimum absolute atomic E-state index is 1.24. The van der Waals surface area contributed by atoms with Gasteiger partial charge in [-0.15, -0.1) is 0 Å². The summed E-state index contributed by atoms with van der Waals surface area (Å²) in [7, 11) is 0. The quantitative estimate of drug-likeness (QED) is 0.432. The van der Waals surface area contributed by atoms with E-state index in [-0.39, 0.29) is 0 Å². The lowest BCUT2D eigenvalue weighted by atomic mass is 10.5. The van der Waals surface area contributed by atoms with Crippen molar-refractivity contribution in [1.29, 1.82) is 0 Å². The number of allylic oxidation sites excluding steroid dienone is 4. The highest BCUT2D eigenvalue weighted by Gasteiger charge is 2.16. The van der Waals surface area contributed by atoms with Crippen molar-refractivity contribution in [3.63, 3.8) is 0 Å². The molecule has 0 aliphatic heterocycles. The summed E-state index contributed by atoms with van der Waals surface area (Å²) in [4.78, 5) is 0. The van der Waals surface area contributed by atoms with Crippen LogP contribution in [0.5, 0.6) is 0 Å². The first-order chi connectivity index (χ1) is 3.38. The van der Waals surface area contributed by atoms with Crippen LogP contribution in [0.25, 0.3) is 0 Å². The van der Waals surface area contributed by atoms with Gasteiger partial charge in [-0.2, -0.15) is 0 Å².